The Bertz CT molecular complexity index is 617. The van der Waals surface area contributed by atoms with Crippen LogP contribution in [0.1, 0.15) is 84.2 Å². The Morgan fingerprint density at radius 3 is 2.56 bits per heavy atom. The summed E-state index contributed by atoms with van der Waals surface area (Å²) in [6.07, 6.45) is 9.84. The molecule has 0 spiro atoms. The average Bonchev–Trinajstić information content (AvgIpc) is 2.57. The number of pyridine rings is 1. The zero-order valence-corrected chi connectivity index (χ0v) is 17.4. The van der Waals surface area contributed by atoms with Crippen molar-refractivity contribution in [2.75, 3.05) is 18.0 Å². The van der Waals surface area contributed by atoms with E-state index < -0.39 is 5.60 Å². The summed E-state index contributed by atoms with van der Waals surface area (Å²) in [5.41, 5.74) is 0.770. The summed E-state index contributed by atoms with van der Waals surface area (Å²) in [4.78, 5) is 21.8. The maximum atomic E-state index is 12.8. The van der Waals surface area contributed by atoms with Crippen LogP contribution < -0.4 is 4.90 Å². The van der Waals surface area contributed by atoms with Gasteiger partial charge in [0.25, 0.3) is 0 Å². The van der Waals surface area contributed by atoms with Crippen LogP contribution in [0.25, 0.3) is 0 Å². The highest BCUT2D eigenvalue weighted by molar-refractivity contribution is 5.87. The van der Waals surface area contributed by atoms with Gasteiger partial charge in [-0.1, -0.05) is 19.4 Å². The minimum Gasteiger partial charge on any atom is -0.443 e. The number of hydrogen-bond acceptors (Lipinski definition) is 4. The van der Waals surface area contributed by atoms with Crippen molar-refractivity contribution in [2.45, 2.75) is 90.3 Å². The molecule has 2 fully saturated rings. The van der Waals surface area contributed by atoms with Crippen LogP contribution in [-0.2, 0) is 4.74 Å². The summed E-state index contributed by atoms with van der Waals surface area (Å²) in [5.74, 6) is 0.718. The first-order valence-electron chi connectivity index (χ1n) is 10.6. The molecule has 2 heterocycles. The number of piperidine rings is 1. The number of carbonyl (C=O) groups excluding carboxylic acids is 1. The third-order valence-electron chi connectivity index (χ3n) is 5.56. The average molecular weight is 374 g/mol. The first-order valence-corrected chi connectivity index (χ1v) is 10.6. The highest BCUT2D eigenvalue weighted by Gasteiger charge is 2.34. The van der Waals surface area contributed by atoms with E-state index in [0.29, 0.717) is 6.04 Å². The van der Waals surface area contributed by atoms with Crippen molar-refractivity contribution in [3.05, 3.63) is 23.9 Å². The Balaban J connectivity index is 1.77. The lowest BCUT2D eigenvalue weighted by molar-refractivity contribution is 0.0548. The molecule has 1 aliphatic heterocycles. The summed E-state index contributed by atoms with van der Waals surface area (Å²) >= 11 is 0. The fraction of sp³-hybridized carbons (Fsp3) is 0.727. The van der Waals surface area contributed by atoms with Crippen molar-refractivity contribution >= 4 is 11.9 Å². The van der Waals surface area contributed by atoms with E-state index in [1.54, 1.807) is 4.90 Å². The number of ether oxygens (including phenoxy) is 1. The highest BCUT2D eigenvalue weighted by Crippen LogP contribution is 2.33. The van der Waals surface area contributed by atoms with Crippen LogP contribution in [0, 0.1) is 0 Å². The van der Waals surface area contributed by atoms with Crippen LogP contribution in [0.5, 0.6) is 0 Å². The number of anilines is 1. The zero-order chi connectivity index (χ0) is 19.4. The largest absolute Gasteiger partial charge is 0.443 e. The normalized spacial score (nSPS) is 21.6. The molecule has 1 saturated carbocycles. The van der Waals surface area contributed by atoms with Gasteiger partial charge in [0.2, 0.25) is 0 Å². The molecule has 27 heavy (non-hydrogen) atoms. The Morgan fingerprint density at radius 1 is 1.22 bits per heavy atom. The van der Waals surface area contributed by atoms with Crippen molar-refractivity contribution in [2.24, 2.45) is 0 Å². The standard InChI is InChI=1S/C22H35N3O2/c1-5-14-24-15-7-6-11-19(24)17-12-13-20(23-16-17)25(18-9-8-10-18)21(26)27-22(2,3)4/h12-13,16,18-19H,5-11,14-15H2,1-4H3/t19-/m0/s1. The maximum absolute atomic E-state index is 12.8. The summed E-state index contributed by atoms with van der Waals surface area (Å²) in [7, 11) is 0. The van der Waals surface area contributed by atoms with E-state index in [1.807, 2.05) is 33.0 Å². The van der Waals surface area contributed by atoms with Gasteiger partial charge in [-0.05, 0) is 84.0 Å². The highest BCUT2D eigenvalue weighted by atomic mass is 16.6. The molecule has 0 radical (unpaired) electrons. The van der Waals surface area contributed by atoms with Crippen LogP contribution in [-0.4, -0.2) is 40.7 Å². The SMILES string of the molecule is CCCN1CCCC[C@H]1c1ccc(N(C(=O)OC(C)(C)C)C2CCC2)nc1. The number of aromatic nitrogens is 1. The van der Waals surface area contributed by atoms with Gasteiger partial charge in [0.1, 0.15) is 11.4 Å². The minimum atomic E-state index is -0.498. The second kappa shape index (κ2) is 8.59. The van der Waals surface area contributed by atoms with Gasteiger partial charge >= 0.3 is 6.09 Å². The van der Waals surface area contributed by atoms with Crippen LogP contribution in [0.3, 0.4) is 0 Å². The van der Waals surface area contributed by atoms with Crippen molar-refractivity contribution < 1.29 is 9.53 Å². The van der Waals surface area contributed by atoms with Gasteiger partial charge in [-0.3, -0.25) is 9.80 Å². The molecular formula is C22H35N3O2. The molecule has 0 aromatic carbocycles. The quantitative estimate of drug-likeness (QED) is 0.701. The van der Waals surface area contributed by atoms with Crippen molar-refractivity contribution in [3.8, 4) is 0 Å². The molecule has 1 aromatic rings. The Hall–Kier alpha value is -1.62. The summed E-state index contributed by atoms with van der Waals surface area (Å²) < 4.78 is 5.65. The van der Waals surface area contributed by atoms with Gasteiger partial charge in [0.05, 0.1) is 0 Å². The molecule has 1 aromatic heterocycles. The molecule has 1 aliphatic carbocycles. The Kier molecular flexibility index (Phi) is 6.40. The lowest BCUT2D eigenvalue weighted by Crippen LogP contribution is -2.47. The van der Waals surface area contributed by atoms with E-state index >= 15 is 0 Å². The second-order valence-corrected chi connectivity index (χ2v) is 8.93. The van der Waals surface area contributed by atoms with Gasteiger partial charge in [0, 0.05) is 18.3 Å². The van der Waals surface area contributed by atoms with E-state index in [0.717, 1.165) is 31.6 Å². The first kappa shape index (κ1) is 20.1. The first-order chi connectivity index (χ1) is 12.9. The second-order valence-electron chi connectivity index (χ2n) is 8.93. The predicted octanol–water partition coefficient (Wildman–Crippen LogP) is 5.31. The molecule has 150 valence electrons. The molecule has 0 bridgehead atoms. The molecule has 1 saturated heterocycles. The molecule has 1 atom stereocenters. The zero-order valence-electron chi connectivity index (χ0n) is 17.4. The van der Waals surface area contributed by atoms with Gasteiger partial charge in [-0.2, -0.15) is 0 Å². The van der Waals surface area contributed by atoms with Crippen molar-refractivity contribution in [1.82, 2.24) is 9.88 Å². The van der Waals surface area contributed by atoms with Crippen LogP contribution in [0.4, 0.5) is 10.6 Å². The Labute approximate surface area is 164 Å². The lowest BCUT2D eigenvalue weighted by atomic mass is 9.91. The number of nitrogens with zero attached hydrogens (tertiary/aromatic N) is 3. The molecule has 0 N–H and O–H groups in total. The summed E-state index contributed by atoms with van der Waals surface area (Å²) in [6.45, 7) is 10.3. The molecule has 5 heteroatoms. The van der Waals surface area contributed by atoms with Crippen LogP contribution in [0.15, 0.2) is 18.3 Å². The number of likely N-dealkylation sites (tertiary alicyclic amines) is 1. The van der Waals surface area contributed by atoms with Crippen molar-refractivity contribution in [1.29, 1.82) is 0 Å². The molecule has 0 unspecified atom stereocenters. The minimum absolute atomic E-state index is 0.212. The summed E-state index contributed by atoms with van der Waals surface area (Å²) in [6, 6.07) is 4.84. The summed E-state index contributed by atoms with van der Waals surface area (Å²) in [5, 5.41) is 0. The van der Waals surface area contributed by atoms with Crippen molar-refractivity contribution in [3.63, 3.8) is 0 Å². The van der Waals surface area contributed by atoms with E-state index in [2.05, 4.69) is 17.9 Å². The van der Waals surface area contributed by atoms with E-state index in [1.165, 1.54) is 37.8 Å². The van der Waals surface area contributed by atoms with Gasteiger partial charge in [0.15, 0.2) is 0 Å². The molecule has 3 rings (SSSR count). The smallest absolute Gasteiger partial charge is 0.416 e. The molecular weight excluding hydrogens is 338 g/mol. The monoisotopic (exact) mass is 373 g/mol. The van der Waals surface area contributed by atoms with Gasteiger partial charge in [-0.15, -0.1) is 0 Å². The number of hydrogen-bond donors (Lipinski definition) is 0. The fourth-order valence-corrected chi connectivity index (χ4v) is 4.05. The third-order valence-corrected chi connectivity index (χ3v) is 5.56. The molecule has 5 nitrogen and oxygen atoms in total. The van der Waals surface area contributed by atoms with Gasteiger partial charge in [-0.25, -0.2) is 9.78 Å². The van der Waals surface area contributed by atoms with Crippen LogP contribution in [0.2, 0.25) is 0 Å². The molecule has 2 aliphatic rings. The van der Waals surface area contributed by atoms with E-state index in [9.17, 15) is 4.79 Å². The van der Waals surface area contributed by atoms with Crippen LogP contribution >= 0.6 is 0 Å². The van der Waals surface area contributed by atoms with E-state index in [4.69, 9.17) is 9.72 Å². The Morgan fingerprint density at radius 2 is 2.00 bits per heavy atom. The third kappa shape index (κ3) is 5.01. The number of rotatable bonds is 5. The van der Waals surface area contributed by atoms with Gasteiger partial charge < -0.3 is 4.74 Å². The number of carbonyl (C=O) groups is 1. The maximum Gasteiger partial charge on any atom is 0.416 e. The topological polar surface area (TPSA) is 45.7 Å². The molecule has 1 amide bonds. The fourth-order valence-electron chi connectivity index (χ4n) is 4.05. The lowest BCUT2D eigenvalue weighted by Gasteiger charge is -2.38. The predicted molar refractivity (Wildman–Crippen MR) is 109 cm³/mol. The van der Waals surface area contributed by atoms with E-state index in [-0.39, 0.29) is 12.1 Å². The number of amides is 1.